The molecule has 2 N–H and O–H groups in total. The van der Waals surface area contributed by atoms with Crippen LogP contribution in [0.2, 0.25) is 0 Å². The van der Waals surface area contributed by atoms with E-state index < -0.39 is 12.0 Å². The summed E-state index contributed by atoms with van der Waals surface area (Å²) in [5.74, 6) is -0.891. The number of thiophene rings is 1. The smallest absolute Gasteiger partial charge is 0.264 e. The zero-order chi connectivity index (χ0) is 20.9. The van der Waals surface area contributed by atoms with Crippen LogP contribution in [0.1, 0.15) is 32.4 Å². The molecule has 0 bridgehead atoms. The molecule has 3 aromatic rings. The Morgan fingerprint density at radius 2 is 2.00 bits per heavy atom. The summed E-state index contributed by atoms with van der Waals surface area (Å²) in [7, 11) is 0. The number of aliphatic hydroxyl groups excluding tert-OH is 1. The minimum atomic E-state index is -0.580. The first-order chi connectivity index (χ1) is 14.7. The van der Waals surface area contributed by atoms with Crippen molar-refractivity contribution in [1.29, 1.82) is 0 Å². The number of hydrogen-bond donors (Lipinski definition) is 2. The van der Waals surface area contributed by atoms with E-state index in [1.165, 1.54) is 11.3 Å². The summed E-state index contributed by atoms with van der Waals surface area (Å²) in [5.41, 5.74) is 2.60. The summed E-state index contributed by atoms with van der Waals surface area (Å²) in [5, 5.41) is 14.6. The maximum absolute atomic E-state index is 13.2. The number of fused-ring (bicyclic) bond motifs is 1. The number of benzene rings is 1. The second kappa shape index (κ2) is 9.19. The Hall–Kier alpha value is -3.03. The minimum Gasteiger partial charge on any atom is -0.394 e. The molecule has 3 heterocycles. The first-order valence-corrected chi connectivity index (χ1v) is 10.8. The molecule has 2 atom stereocenters. The van der Waals surface area contributed by atoms with Gasteiger partial charge in [-0.2, -0.15) is 0 Å². The number of nitrogens with one attached hydrogen (secondary N) is 1. The van der Waals surface area contributed by atoms with Gasteiger partial charge in [0, 0.05) is 19.3 Å². The number of carbonyl (C=O) groups excluding carboxylic acids is 2. The van der Waals surface area contributed by atoms with Gasteiger partial charge in [0.15, 0.2) is 0 Å². The second-order valence-corrected chi connectivity index (χ2v) is 8.29. The Kier molecular flexibility index (Phi) is 6.21. The predicted octanol–water partition coefficient (Wildman–Crippen LogP) is 2.60. The highest BCUT2D eigenvalue weighted by Gasteiger charge is 2.35. The van der Waals surface area contributed by atoms with Crippen LogP contribution in [0.15, 0.2) is 66.2 Å². The van der Waals surface area contributed by atoms with Crippen molar-refractivity contribution in [2.75, 3.05) is 13.2 Å². The number of hydrogen-bond acceptors (Lipinski definition) is 5. The highest BCUT2D eigenvalue weighted by molar-refractivity contribution is 7.12. The molecule has 1 aliphatic rings. The number of carbonyl (C=O) groups is 2. The Balaban J connectivity index is 1.53. The molecule has 2 unspecified atom stereocenters. The largest absolute Gasteiger partial charge is 0.394 e. The van der Waals surface area contributed by atoms with Gasteiger partial charge in [0.1, 0.15) is 0 Å². The van der Waals surface area contributed by atoms with Gasteiger partial charge in [-0.3, -0.25) is 14.6 Å². The van der Waals surface area contributed by atoms with Gasteiger partial charge < -0.3 is 15.3 Å². The van der Waals surface area contributed by atoms with Crippen molar-refractivity contribution in [1.82, 2.24) is 15.2 Å². The molecule has 1 aromatic carbocycles. The molecule has 154 valence electrons. The van der Waals surface area contributed by atoms with Crippen LogP contribution in [0.25, 0.3) is 0 Å². The zero-order valence-corrected chi connectivity index (χ0v) is 17.2. The molecule has 0 spiro atoms. The van der Waals surface area contributed by atoms with Gasteiger partial charge in [-0.1, -0.05) is 42.5 Å². The molecule has 2 amide bonds. The quantitative estimate of drug-likeness (QED) is 0.641. The van der Waals surface area contributed by atoms with E-state index in [1.807, 2.05) is 53.9 Å². The molecule has 0 fully saturated rings. The molecular formula is C23H23N3O3S. The number of amides is 2. The third kappa shape index (κ3) is 4.42. The molecule has 0 saturated carbocycles. The molecular weight excluding hydrogens is 398 g/mol. The van der Waals surface area contributed by atoms with Crippen LogP contribution in [0, 0.1) is 0 Å². The molecule has 0 aliphatic carbocycles. The highest BCUT2D eigenvalue weighted by Crippen LogP contribution is 2.28. The lowest BCUT2D eigenvalue weighted by Crippen LogP contribution is -2.47. The van der Waals surface area contributed by atoms with Crippen LogP contribution in [0.5, 0.6) is 0 Å². The third-order valence-corrected chi connectivity index (χ3v) is 6.11. The lowest BCUT2D eigenvalue weighted by molar-refractivity contribution is -0.124. The second-order valence-electron chi connectivity index (χ2n) is 7.34. The van der Waals surface area contributed by atoms with Gasteiger partial charge in [-0.05, 0) is 35.1 Å². The van der Waals surface area contributed by atoms with Crippen molar-refractivity contribution < 1.29 is 14.7 Å². The van der Waals surface area contributed by atoms with Gasteiger partial charge in [-0.15, -0.1) is 11.3 Å². The average molecular weight is 422 g/mol. The zero-order valence-electron chi connectivity index (χ0n) is 16.4. The van der Waals surface area contributed by atoms with E-state index >= 15 is 0 Å². The molecule has 6 nitrogen and oxygen atoms in total. The first kappa shape index (κ1) is 20.3. The van der Waals surface area contributed by atoms with Crippen molar-refractivity contribution in [2.45, 2.75) is 24.9 Å². The van der Waals surface area contributed by atoms with E-state index in [0.29, 0.717) is 23.5 Å². The number of aromatic nitrogens is 1. The first-order valence-electron chi connectivity index (χ1n) is 9.87. The lowest BCUT2D eigenvalue weighted by Gasteiger charge is -2.33. The number of pyridine rings is 1. The Morgan fingerprint density at radius 1 is 1.17 bits per heavy atom. The number of aliphatic hydroxyl groups is 1. The van der Waals surface area contributed by atoms with Gasteiger partial charge in [0.2, 0.25) is 5.91 Å². The molecule has 2 aromatic heterocycles. The molecule has 1 aliphatic heterocycles. The average Bonchev–Trinajstić information content (AvgIpc) is 3.33. The summed E-state index contributed by atoms with van der Waals surface area (Å²) in [6, 6.07) is 16.7. The van der Waals surface area contributed by atoms with E-state index in [0.717, 1.165) is 11.1 Å². The van der Waals surface area contributed by atoms with Crippen LogP contribution in [0.3, 0.4) is 0 Å². The fourth-order valence-corrected chi connectivity index (χ4v) is 4.45. The number of rotatable bonds is 6. The lowest BCUT2D eigenvalue weighted by atomic mass is 9.93. The van der Waals surface area contributed by atoms with E-state index in [4.69, 9.17) is 0 Å². The SMILES string of the molecule is O=C(NC(CO)Cc1ccccc1)C1CN(C(=O)c2cccs2)Cc2cccnc21. The van der Waals surface area contributed by atoms with E-state index in [9.17, 15) is 14.7 Å². The summed E-state index contributed by atoms with van der Waals surface area (Å²) in [6.45, 7) is 0.521. The monoisotopic (exact) mass is 421 g/mol. The maximum atomic E-state index is 13.2. The van der Waals surface area contributed by atoms with E-state index in [2.05, 4.69) is 10.3 Å². The molecule has 0 saturated heterocycles. The standard InChI is InChI=1S/C23H23N3O3S/c27-15-18(12-16-6-2-1-3-7-16)25-22(28)19-14-26(23(29)20-9-5-11-30-20)13-17-8-4-10-24-21(17)19/h1-11,18-19,27H,12-15H2,(H,25,28). The molecule has 4 rings (SSSR count). The van der Waals surface area contributed by atoms with Crippen LogP contribution >= 0.6 is 11.3 Å². The maximum Gasteiger partial charge on any atom is 0.264 e. The van der Waals surface area contributed by atoms with Crippen molar-refractivity contribution in [2.24, 2.45) is 0 Å². The minimum absolute atomic E-state index is 0.0831. The summed E-state index contributed by atoms with van der Waals surface area (Å²) in [6.07, 6.45) is 2.20. The third-order valence-electron chi connectivity index (χ3n) is 5.25. The van der Waals surface area contributed by atoms with Crippen molar-refractivity contribution in [3.8, 4) is 0 Å². The Bertz CT molecular complexity index is 1010. The Labute approximate surface area is 179 Å². The van der Waals surface area contributed by atoms with Gasteiger partial charge in [-0.25, -0.2) is 0 Å². The fraction of sp³-hybridized carbons (Fsp3) is 0.261. The topological polar surface area (TPSA) is 82.5 Å². The predicted molar refractivity (Wildman–Crippen MR) is 115 cm³/mol. The van der Waals surface area contributed by atoms with Crippen LogP contribution in [-0.4, -0.2) is 46.0 Å². The van der Waals surface area contributed by atoms with Gasteiger partial charge >= 0.3 is 0 Å². The van der Waals surface area contributed by atoms with Crippen LogP contribution < -0.4 is 5.32 Å². The highest BCUT2D eigenvalue weighted by atomic mass is 32.1. The van der Waals surface area contributed by atoms with E-state index in [-0.39, 0.29) is 25.0 Å². The summed E-state index contributed by atoms with van der Waals surface area (Å²) >= 11 is 1.39. The van der Waals surface area contributed by atoms with Crippen molar-refractivity contribution in [3.05, 3.63) is 87.9 Å². The van der Waals surface area contributed by atoms with Crippen LogP contribution in [0.4, 0.5) is 0 Å². The Morgan fingerprint density at radius 3 is 2.73 bits per heavy atom. The van der Waals surface area contributed by atoms with Gasteiger partial charge in [0.05, 0.1) is 29.1 Å². The van der Waals surface area contributed by atoms with Crippen LogP contribution in [-0.2, 0) is 17.8 Å². The van der Waals surface area contributed by atoms with E-state index in [1.54, 1.807) is 17.2 Å². The summed E-state index contributed by atoms with van der Waals surface area (Å²) < 4.78 is 0. The number of nitrogens with zero attached hydrogens (tertiary/aromatic N) is 2. The molecule has 7 heteroatoms. The van der Waals surface area contributed by atoms with Crippen molar-refractivity contribution in [3.63, 3.8) is 0 Å². The molecule has 0 radical (unpaired) electrons. The van der Waals surface area contributed by atoms with Crippen molar-refractivity contribution >= 4 is 23.2 Å². The van der Waals surface area contributed by atoms with Gasteiger partial charge in [0.25, 0.3) is 5.91 Å². The molecule has 30 heavy (non-hydrogen) atoms. The fourth-order valence-electron chi connectivity index (χ4n) is 3.75. The normalized spacial score (nSPS) is 16.6. The summed E-state index contributed by atoms with van der Waals surface area (Å²) in [4.78, 5) is 32.9.